The maximum atomic E-state index is 2.72. The lowest BCUT2D eigenvalue weighted by molar-refractivity contribution is 0.0503. The van der Waals surface area contributed by atoms with E-state index in [1.54, 1.807) is 0 Å². The molecule has 14 heavy (non-hydrogen) atoms. The summed E-state index contributed by atoms with van der Waals surface area (Å²) in [5.41, 5.74) is 0.766. The maximum absolute atomic E-state index is 2.72. The quantitative estimate of drug-likeness (QED) is 0.584. The largest absolute Gasteiger partial charge is 0.301 e. The summed E-state index contributed by atoms with van der Waals surface area (Å²) in [5.74, 6) is 0. The Morgan fingerprint density at radius 1 is 1.21 bits per heavy atom. The molecule has 2 rings (SSSR count). The van der Waals surface area contributed by atoms with Crippen molar-refractivity contribution in [1.82, 2.24) is 9.80 Å². The number of likely N-dealkylation sites (N-methyl/N-ethyl adjacent to an activating group) is 1. The molecule has 2 atom stereocenters. The maximum Gasteiger partial charge on any atom is 0.0354 e. The highest BCUT2D eigenvalue weighted by molar-refractivity contribution is 5.10. The van der Waals surface area contributed by atoms with Crippen LogP contribution >= 0.6 is 0 Å². The van der Waals surface area contributed by atoms with Gasteiger partial charge in [-0.2, -0.15) is 0 Å². The molecule has 2 nitrogen and oxygen atoms in total. The number of likely N-dealkylation sites (tertiary alicyclic amines) is 2. The molecule has 0 radical (unpaired) electrons. The van der Waals surface area contributed by atoms with Crippen molar-refractivity contribution >= 4 is 0 Å². The molecule has 2 fully saturated rings. The minimum Gasteiger partial charge on any atom is -0.301 e. The molecule has 0 N–H and O–H groups in total. The van der Waals surface area contributed by atoms with Crippen molar-refractivity contribution in [3.8, 4) is 0 Å². The van der Waals surface area contributed by atoms with Gasteiger partial charge >= 0.3 is 0 Å². The zero-order valence-electron chi connectivity index (χ0n) is 10.3. The van der Waals surface area contributed by atoms with E-state index in [9.17, 15) is 0 Å². The summed E-state index contributed by atoms with van der Waals surface area (Å²) in [7, 11) is 2.28. The van der Waals surface area contributed by atoms with Crippen LogP contribution in [0.3, 0.4) is 0 Å². The van der Waals surface area contributed by atoms with Gasteiger partial charge in [0, 0.05) is 30.2 Å². The summed E-state index contributed by atoms with van der Waals surface area (Å²) in [4.78, 5) is 5.26. The van der Waals surface area contributed by atoms with E-state index >= 15 is 0 Å². The molecule has 0 aromatic rings. The predicted molar refractivity (Wildman–Crippen MR) is 60.5 cm³/mol. The molecule has 0 bridgehead atoms. The Bertz CT molecular complexity index is 231. The average molecular weight is 196 g/mol. The molecule has 0 amide bonds. The van der Waals surface area contributed by atoms with Crippen LogP contribution in [-0.2, 0) is 0 Å². The normalized spacial score (nSPS) is 40.5. The summed E-state index contributed by atoms with van der Waals surface area (Å²) >= 11 is 0. The Hall–Kier alpha value is -0.0800. The zero-order valence-corrected chi connectivity index (χ0v) is 10.3. The molecule has 2 heterocycles. The summed E-state index contributed by atoms with van der Waals surface area (Å²) in [6.07, 6.45) is 2.69. The third-order valence-corrected chi connectivity index (χ3v) is 4.27. The van der Waals surface area contributed by atoms with Crippen LogP contribution in [0.2, 0.25) is 0 Å². The summed E-state index contributed by atoms with van der Waals surface area (Å²) in [6.45, 7) is 12.0. The van der Waals surface area contributed by atoms with Gasteiger partial charge in [0.15, 0.2) is 0 Å². The first kappa shape index (κ1) is 10.4. The highest BCUT2D eigenvalue weighted by Crippen LogP contribution is 2.43. The highest BCUT2D eigenvalue weighted by Gasteiger charge is 2.53. The number of rotatable bonds is 0. The smallest absolute Gasteiger partial charge is 0.0354 e. The van der Waals surface area contributed by atoms with Gasteiger partial charge in [-0.15, -0.1) is 0 Å². The molecule has 0 saturated carbocycles. The molecule has 0 aromatic heterocycles. The second-order valence-electron chi connectivity index (χ2n) is 6.21. The summed E-state index contributed by atoms with van der Waals surface area (Å²) < 4.78 is 0. The van der Waals surface area contributed by atoms with Crippen LogP contribution in [0.5, 0.6) is 0 Å². The minimum absolute atomic E-state index is 0.328. The first-order valence-electron chi connectivity index (χ1n) is 5.84. The number of fused-ring (bicyclic) bond motifs is 1. The molecule has 82 valence electrons. The van der Waals surface area contributed by atoms with Gasteiger partial charge in [-0.1, -0.05) is 0 Å². The average Bonchev–Trinajstić information content (AvgIpc) is 2.48. The van der Waals surface area contributed by atoms with Crippen LogP contribution in [0.25, 0.3) is 0 Å². The predicted octanol–water partition coefficient (Wildman–Crippen LogP) is 1.95. The van der Waals surface area contributed by atoms with Crippen molar-refractivity contribution in [2.75, 3.05) is 20.1 Å². The highest BCUT2D eigenvalue weighted by atomic mass is 15.4. The number of hydrogen-bond acceptors (Lipinski definition) is 2. The van der Waals surface area contributed by atoms with E-state index in [1.165, 1.54) is 25.9 Å². The Morgan fingerprint density at radius 2 is 1.86 bits per heavy atom. The fraction of sp³-hybridized carbons (Fsp3) is 1.00. The third-order valence-electron chi connectivity index (χ3n) is 4.27. The fourth-order valence-electron chi connectivity index (χ4n) is 3.65. The molecule has 2 heteroatoms. The van der Waals surface area contributed by atoms with E-state index in [2.05, 4.69) is 44.5 Å². The molecule has 2 saturated heterocycles. The van der Waals surface area contributed by atoms with Gasteiger partial charge in [-0.05, 0) is 47.6 Å². The molecular weight excluding hydrogens is 172 g/mol. The lowest BCUT2D eigenvalue weighted by atomic mass is 9.90. The van der Waals surface area contributed by atoms with Crippen LogP contribution in [0.1, 0.15) is 40.5 Å². The van der Waals surface area contributed by atoms with Gasteiger partial charge < -0.3 is 4.90 Å². The van der Waals surface area contributed by atoms with E-state index in [0.717, 1.165) is 6.04 Å². The van der Waals surface area contributed by atoms with Crippen molar-refractivity contribution in [3.05, 3.63) is 0 Å². The van der Waals surface area contributed by atoms with Crippen molar-refractivity contribution in [3.63, 3.8) is 0 Å². The van der Waals surface area contributed by atoms with Crippen molar-refractivity contribution in [2.24, 2.45) is 0 Å². The second-order valence-corrected chi connectivity index (χ2v) is 6.21. The van der Waals surface area contributed by atoms with Crippen LogP contribution < -0.4 is 0 Å². The molecule has 2 aliphatic rings. The van der Waals surface area contributed by atoms with Gasteiger partial charge in [-0.25, -0.2) is 0 Å². The molecule has 0 spiro atoms. The molecule has 2 aliphatic heterocycles. The van der Waals surface area contributed by atoms with E-state index in [1.807, 2.05) is 0 Å². The Kier molecular flexibility index (Phi) is 2.20. The Labute approximate surface area is 88.3 Å². The van der Waals surface area contributed by atoms with E-state index in [-0.39, 0.29) is 0 Å². The van der Waals surface area contributed by atoms with Gasteiger partial charge in [0.1, 0.15) is 0 Å². The summed E-state index contributed by atoms with van der Waals surface area (Å²) in [5, 5.41) is 0. The monoisotopic (exact) mass is 196 g/mol. The molecular formula is C12H24N2. The lowest BCUT2D eigenvalue weighted by Gasteiger charge is -2.44. The first-order chi connectivity index (χ1) is 6.36. The van der Waals surface area contributed by atoms with E-state index in [4.69, 9.17) is 0 Å². The van der Waals surface area contributed by atoms with Gasteiger partial charge in [0.2, 0.25) is 0 Å². The number of nitrogens with zero attached hydrogens (tertiary/aromatic N) is 2. The Morgan fingerprint density at radius 3 is 2.43 bits per heavy atom. The third kappa shape index (κ3) is 1.31. The molecule has 0 aliphatic carbocycles. The molecule has 0 aromatic carbocycles. The SMILES string of the molecule is CN1CC[C@]2(C)C1CCN2C(C)(C)C. The zero-order chi connectivity index (χ0) is 10.6. The van der Waals surface area contributed by atoms with Gasteiger partial charge in [0.25, 0.3) is 0 Å². The van der Waals surface area contributed by atoms with Crippen molar-refractivity contribution in [2.45, 2.75) is 57.7 Å². The second kappa shape index (κ2) is 2.96. The van der Waals surface area contributed by atoms with E-state index < -0.39 is 0 Å². The minimum atomic E-state index is 0.328. The van der Waals surface area contributed by atoms with Crippen molar-refractivity contribution in [1.29, 1.82) is 0 Å². The Balaban J connectivity index is 2.25. The fourth-order valence-corrected chi connectivity index (χ4v) is 3.65. The number of hydrogen-bond donors (Lipinski definition) is 0. The van der Waals surface area contributed by atoms with E-state index in [0.29, 0.717) is 11.1 Å². The van der Waals surface area contributed by atoms with Crippen LogP contribution in [0, 0.1) is 0 Å². The van der Waals surface area contributed by atoms with Crippen LogP contribution in [-0.4, -0.2) is 47.1 Å². The van der Waals surface area contributed by atoms with Crippen LogP contribution in [0.15, 0.2) is 0 Å². The van der Waals surface area contributed by atoms with Gasteiger partial charge in [0.05, 0.1) is 0 Å². The lowest BCUT2D eigenvalue weighted by Crippen LogP contribution is -2.54. The standard InChI is InChI=1S/C12H24N2/c1-11(2,3)14-8-6-10-12(14,4)7-9-13(10)5/h10H,6-9H2,1-5H3/t10?,12-/m1/s1. The summed E-state index contributed by atoms with van der Waals surface area (Å²) in [6, 6.07) is 0.793. The van der Waals surface area contributed by atoms with Gasteiger partial charge in [-0.3, -0.25) is 4.90 Å². The topological polar surface area (TPSA) is 6.48 Å². The first-order valence-corrected chi connectivity index (χ1v) is 5.84. The van der Waals surface area contributed by atoms with Crippen molar-refractivity contribution < 1.29 is 0 Å². The molecule has 1 unspecified atom stereocenters. The van der Waals surface area contributed by atoms with Crippen LogP contribution in [0.4, 0.5) is 0 Å².